The summed E-state index contributed by atoms with van der Waals surface area (Å²) in [6.45, 7) is 3.35. The van der Waals surface area contributed by atoms with Crippen LogP contribution in [0.4, 0.5) is 0 Å². The van der Waals surface area contributed by atoms with Crippen molar-refractivity contribution in [1.82, 2.24) is 9.21 Å². The van der Waals surface area contributed by atoms with Gasteiger partial charge < -0.3 is 14.4 Å². The van der Waals surface area contributed by atoms with Gasteiger partial charge in [-0.1, -0.05) is 36.4 Å². The Morgan fingerprint density at radius 3 is 2.32 bits per heavy atom. The third-order valence-corrected chi connectivity index (χ3v) is 6.89. The quantitative estimate of drug-likeness (QED) is 0.630. The molecule has 1 saturated heterocycles. The highest BCUT2D eigenvalue weighted by Crippen LogP contribution is 2.25. The number of aryl methyl sites for hydroxylation is 1. The van der Waals surface area contributed by atoms with Gasteiger partial charge in [-0.2, -0.15) is 0 Å². The lowest BCUT2D eigenvalue weighted by molar-refractivity contribution is -0.145. The van der Waals surface area contributed by atoms with Crippen LogP contribution in [0.1, 0.15) is 27.6 Å². The SMILES string of the molecule is Cc1ccc(S(=O)(=O)N(C)C)cc1C(=O)O[C@H](C(=O)N1CCOCC1)c1ccccc1. The number of sulfonamides is 1. The van der Waals surface area contributed by atoms with E-state index in [0.717, 1.165) is 4.31 Å². The molecule has 1 aliphatic rings. The molecule has 1 atom stereocenters. The lowest BCUT2D eigenvalue weighted by Crippen LogP contribution is -2.44. The molecule has 0 spiro atoms. The lowest BCUT2D eigenvalue weighted by Gasteiger charge is -2.30. The maximum atomic E-state index is 13.2. The summed E-state index contributed by atoms with van der Waals surface area (Å²) >= 11 is 0. The van der Waals surface area contributed by atoms with Gasteiger partial charge in [-0.05, 0) is 24.6 Å². The Morgan fingerprint density at radius 2 is 1.71 bits per heavy atom. The van der Waals surface area contributed by atoms with Crippen LogP contribution in [0.25, 0.3) is 0 Å². The Labute approximate surface area is 182 Å². The zero-order valence-corrected chi connectivity index (χ0v) is 18.6. The minimum Gasteiger partial charge on any atom is -0.444 e. The zero-order valence-electron chi connectivity index (χ0n) is 17.8. The van der Waals surface area contributed by atoms with Crippen LogP contribution in [0.3, 0.4) is 0 Å². The Bertz CT molecular complexity index is 1050. The summed E-state index contributed by atoms with van der Waals surface area (Å²) in [6, 6.07) is 13.0. The average molecular weight is 447 g/mol. The van der Waals surface area contributed by atoms with Crippen LogP contribution in [0.15, 0.2) is 53.4 Å². The summed E-state index contributed by atoms with van der Waals surface area (Å²) < 4.78 is 37.0. The summed E-state index contributed by atoms with van der Waals surface area (Å²) in [5.74, 6) is -1.10. The molecule has 2 aromatic rings. The number of esters is 1. The molecular weight excluding hydrogens is 420 g/mol. The van der Waals surface area contributed by atoms with Gasteiger partial charge in [0.05, 0.1) is 23.7 Å². The normalized spacial score (nSPS) is 15.5. The number of hydrogen-bond acceptors (Lipinski definition) is 6. The number of carbonyl (C=O) groups excluding carboxylic acids is 2. The molecule has 0 aromatic heterocycles. The van der Waals surface area contributed by atoms with Gasteiger partial charge in [0.1, 0.15) is 0 Å². The highest BCUT2D eigenvalue weighted by Gasteiger charge is 2.31. The Balaban J connectivity index is 1.93. The van der Waals surface area contributed by atoms with Crippen molar-refractivity contribution in [3.63, 3.8) is 0 Å². The highest BCUT2D eigenvalue weighted by molar-refractivity contribution is 7.89. The van der Waals surface area contributed by atoms with E-state index in [1.54, 1.807) is 48.2 Å². The predicted octanol–water partition coefficient (Wildman–Crippen LogP) is 2.00. The number of hydrogen-bond donors (Lipinski definition) is 0. The molecule has 1 heterocycles. The smallest absolute Gasteiger partial charge is 0.339 e. The molecule has 0 unspecified atom stereocenters. The van der Waals surface area contributed by atoms with Crippen molar-refractivity contribution in [1.29, 1.82) is 0 Å². The Kier molecular flexibility index (Phi) is 7.09. The van der Waals surface area contributed by atoms with Crippen LogP contribution in [0.5, 0.6) is 0 Å². The first-order valence-electron chi connectivity index (χ1n) is 9.87. The topological polar surface area (TPSA) is 93.2 Å². The van der Waals surface area contributed by atoms with E-state index in [0.29, 0.717) is 37.4 Å². The highest BCUT2D eigenvalue weighted by atomic mass is 32.2. The number of benzene rings is 2. The molecule has 1 amide bonds. The van der Waals surface area contributed by atoms with Gasteiger partial charge in [0.2, 0.25) is 16.1 Å². The van der Waals surface area contributed by atoms with Crippen molar-refractivity contribution >= 4 is 21.9 Å². The molecule has 1 aliphatic heterocycles. The van der Waals surface area contributed by atoms with E-state index in [1.165, 1.54) is 26.2 Å². The second-order valence-electron chi connectivity index (χ2n) is 7.40. The molecule has 0 aliphatic carbocycles. The van der Waals surface area contributed by atoms with Crippen molar-refractivity contribution in [2.24, 2.45) is 0 Å². The molecule has 0 saturated carbocycles. The third-order valence-electron chi connectivity index (χ3n) is 5.08. The molecule has 8 nitrogen and oxygen atoms in total. The van der Waals surface area contributed by atoms with Gasteiger partial charge in [-0.3, -0.25) is 4.79 Å². The second-order valence-corrected chi connectivity index (χ2v) is 9.55. The maximum absolute atomic E-state index is 13.2. The average Bonchev–Trinajstić information content (AvgIpc) is 2.78. The summed E-state index contributed by atoms with van der Waals surface area (Å²) in [5.41, 5.74) is 1.19. The van der Waals surface area contributed by atoms with Crippen molar-refractivity contribution in [2.45, 2.75) is 17.9 Å². The van der Waals surface area contributed by atoms with E-state index in [1.807, 2.05) is 0 Å². The van der Waals surface area contributed by atoms with Crippen molar-refractivity contribution in [3.05, 3.63) is 65.2 Å². The first-order valence-corrected chi connectivity index (χ1v) is 11.3. The van der Waals surface area contributed by atoms with E-state index >= 15 is 0 Å². The van der Waals surface area contributed by atoms with Crippen LogP contribution in [-0.4, -0.2) is 69.9 Å². The van der Waals surface area contributed by atoms with E-state index in [9.17, 15) is 18.0 Å². The first kappa shape index (κ1) is 22.9. The fourth-order valence-corrected chi connectivity index (χ4v) is 4.13. The van der Waals surface area contributed by atoms with Crippen molar-refractivity contribution in [3.8, 4) is 0 Å². The van der Waals surface area contributed by atoms with E-state index < -0.39 is 22.1 Å². The van der Waals surface area contributed by atoms with Crippen molar-refractivity contribution in [2.75, 3.05) is 40.4 Å². The molecule has 0 N–H and O–H groups in total. The number of morpholine rings is 1. The van der Waals surface area contributed by atoms with Crippen LogP contribution >= 0.6 is 0 Å². The fraction of sp³-hybridized carbons (Fsp3) is 0.364. The summed E-state index contributed by atoms with van der Waals surface area (Å²) in [4.78, 5) is 27.8. The van der Waals surface area contributed by atoms with Gasteiger partial charge >= 0.3 is 5.97 Å². The van der Waals surface area contributed by atoms with Gasteiger partial charge in [0, 0.05) is 32.7 Å². The molecule has 0 radical (unpaired) electrons. The molecule has 1 fully saturated rings. The van der Waals surface area contributed by atoms with Crippen LogP contribution < -0.4 is 0 Å². The van der Waals surface area contributed by atoms with Gasteiger partial charge in [0.25, 0.3) is 5.91 Å². The van der Waals surface area contributed by atoms with Crippen LogP contribution in [0.2, 0.25) is 0 Å². The monoisotopic (exact) mass is 446 g/mol. The van der Waals surface area contributed by atoms with Crippen LogP contribution in [0, 0.1) is 6.92 Å². The van der Waals surface area contributed by atoms with Gasteiger partial charge in [-0.15, -0.1) is 0 Å². The second kappa shape index (κ2) is 9.59. The zero-order chi connectivity index (χ0) is 22.6. The Morgan fingerprint density at radius 1 is 1.06 bits per heavy atom. The minimum absolute atomic E-state index is 0.0224. The maximum Gasteiger partial charge on any atom is 0.339 e. The molecule has 3 rings (SSSR count). The number of ether oxygens (including phenoxy) is 2. The van der Waals surface area contributed by atoms with Gasteiger partial charge in [0.15, 0.2) is 0 Å². The summed E-state index contributed by atoms with van der Waals surface area (Å²) in [7, 11) is -0.895. The molecule has 0 bridgehead atoms. The minimum atomic E-state index is -3.73. The van der Waals surface area contributed by atoms with Crippen LogP contribution in [-0.2, 0) is 24.3 Å². The summed E-state index contributed by atoms with van der Waals surface area (Å²) in [6.07, 6.45) is -1.14. The fourth-order valence-electron chi connectivity index (χ4n) is 3.20. The van der Waals surface area contributed by atoms with Crippen molar-refractivity contribution < 1.29 is 27.5 Å². The molecular formula is C22H26N2O6S. The number of rotatable bonds is 6. The van der Waals surface area contributed by atoms with E-state index in [2.05, 4.69) is 0 Å². The first-order chi connectivity index (χ1) is 14.7. The largest absolute Gasteiger partial charge is 0.444 e. The Hall–Kier alpha value is -2.75. The number of amides is 1. The summed E-state index contributed by atoms with van der Waals surface area (Å²) in [5, 5.41) is 0. The molecule has 31 heavy (non-hydrogen) atoms. The standard InChI is InChI=1S/C22H26N2O6S/c1-16-9-10-18(31(27,28)23(2)3)15-19(16)22(26)30-20(17-7-5-4-6-8-17)21(25)24-11-13-29-14-12-24/h4-10,15,20H,11-14H2,1-3H3/t20-/m0/s1. The van der Waals surface area contributed by atoms with Gasteiger partial charge in [-0.25, -0.2) is 17.5 Å². The third kappa shape index (κ3) is 5.12. The predicted molar refractivity (Wildman–Crippen MR) is 114 cm³/mol. The van der Waals surface area contributed by atoms with E-state index in [-0.39, 0.29) is 16.4 Å². The van der Waals surface area contributed by atoms with E-state index in [4.69, 9.17) is 9.47 Å². The molecule has 9 heteroatoms. The number of carbonyl (C=O) groups is 2. The molecule has 166 valence electrons. The number of nitrogens with zero attached hydrogens (tertiary/aromatic N) is 2. The molecule has 2 aromatic carbocycles. The lowest BCUT2D eigenvalue weighted by atomic mass is 10.1.